The zero-order chi connectivity index (χ0) is 50.7. The van der Waals surface area contributed by atoms with Crippen molar-refractivity contribution in [3.63, 3.8) is 0 Å². The summed E-state index contributed by atoms with van der Waals surface area (Å²) < 4.78 is 16.7. The van der Waals surface area contributed by atoms with Gasteiger partial charge in [-0.05, 0) is 116 Å². The van der Waals surface area contributed by atoms with E-state index < -0.39 is 12.1 Å². The molecule has 1 unspecified atom stereocenters. The lowest BCUT2D eigenvalue weighted by molar-refractivity contribution is -0.166. The molecule has 6 heteroatoms. The Bertz CT molecular complexity index is 1530. The van der Waals surface area contributed by atoms with Crippen LogP contribution < -0.4 is 0 Å². The Balaban J connectivity index is 4.64. The highest BCUT2D eigenvalue weighted by atomic mass is 16.6. The molecule has 1 atom stereocenters. The van der Waals surface area contributed by atoms with Gasteiger partial charge >= 0.3 is 17.9 Å². The molecule has 0 aliphatic heterocycles. The monoisotopic (exact) mass is 967 g/mol. The standard InChI is InChI=1S/C64H102O6/c1-4-7-10-13-16-19-22-25-28-31-32-34-36-39-42-45-48-51-54-57-63(66)69-60-61(59-68-62(65)56-53-50-47-44-41-38-35-30-27-24-21-18-15-12-9-6-3)70-64(67)58-55-52-49-46-43-40-37-33-29-26-23-20-17-14-11-8-5-2/h7,10,16,19,25-26,28-30,32,34-35,37-42,46,48-49,51,61H,4-6,8-9,11-15,17-18,20-24,27,31,33,36,43-45,47,50,52-60H2,1-3H3/b10-7-,19-16-,28-25-,29-26-,34-32-,35-30-,40-37-,41-38-,42-39-,49-46-,51-48-. The van der Waals surface area contributed by atoms with Gasteiger partial charge in [0.05, 0.1) is 0 Å². The topological polar surface area (TPSA) is 78.9 Å². The Morgan fingerprint density at radius 1 is 0.314 bits per heavy atom. The zero-order valence-electron chi connectivity index (χ0n) is 45.0. The molecular weight excluding hydrogens is 865 g/mol. The molecule has 0 aromatic heterocycles. The van der Waals surface area contributed by atoms with Gasteiger partial charge < -0.3 is 14.2 Å². The molecule has 0 N–H and O–H groups in total. The maximum absolute atomic E-state index is 12.8. The van der Waals surface area contributed by atoms with Gasteiger partial charge in [0.1, 0.15) is 13.2 Å². The third kappa shape index (κ3) is 54.5. The molecule has 0 heterocycles. The van der Waals surface area contributed by atoms with E-state index in [2.05, 4.69) is 142 Å². The van der Waals surface area contributed by atoms with Crippen LogP contribution in [-0.4, -0.2) is 37.2 Å². The molecule has 70 heavy (non-hydrogen) atoms. The van der Waals surface area contributed by atoms with Crippen molar-refractivity contribution < 1.29 is 28.6 Å². The first-order valence-corrected chi connectivity index (χ1v) is 28.2. The minimum absolute atomic E-state index is 0.139. The molecule has 0 radical (unpaired) electrons. The molecule has 0 aromatic carbocycles. The predicted molar refractivity (Wildman–Crippen MR) is 302 cm³/mol. The van der Waals surface area contributed by atoms with Crippen LogP contribution in [0, 0.1) is 0 Å². The first-order valence-electron chi connectivity index (χ1n) is 28.2. The van der Waals surface area contributed by atoms with Crippen LogP contribution in [0.3, 0.4) is 0 Å². The summed E-state index contributed by atoms with van der Waals surface area (Å²) >= 11 is 0. The summed E-state index contributed by atoms with van der Waals surface area (Å²) in [5.41, 5.74) is 0. The molecular formula is C64H102O6. The van der Waals surface area contributed by atoms with Crippen LogP contribution in [0.4, 0.5) is 0 Å². The van der Waals surface area contributed by atoms with Crippen LogP contribution in [0.1, 0.15) is 233 Å². The second kappa shape index (κ2) is 57.1. The summed E-state index contributed by atoms with van der Waals surface area (Å²) in [5.74, 6) is -1.11. The normalized spacial score (nSPS) is 13.1. The largest absolute Gasteiger partial charge is 0.462 e. The average molecular weight is 968 g/mol. The van der Waals surface area contributed by atoms with Gasteiger partial charge in [-0.3, -0.25) is 14.4 Å². The van der Waals surface area contributed by atoms with Gasteiger partial charge in [0.2, 0.25) is 0 Å². The number of unbranched alkanes of at least 4 members (excludes halogenated alkanes) is 17. The summed E-state index contributed by atoms with van der Waals surface area (Å²) in [6, 6.07) is 0. The lowest BCUT2D eigenvalue weighted by atomic mass is 10.1. The molecule has 0 saturated carbocycles. The summed E-state index contributed by atoms with van der Waals surface area (Å²) in [6.07, 6.45) is 80.3. The van der Waals surface area contributed by atoms with Crippen molar-refractivity contribution in [3.8, 4) is 0 Å². The highest BCUT2D eigenvalue weighted by molar-refractivity contribution is 5.71. The number of carbonyl (C=O) groups excluding carboxylic acids is 3. The number of carbonyl (C=O) groups is 3. The summed E-state index contributed by atoms with van der Waals surface area (Å²) in [6.45, 7) is 6.37. The Kier molecular flexibility index (Phi) is 53.5. The summed E-state index contributed by atoms with van der Waals surface area (Å²) in [4.78, 5) is 38.1. The van der Waals surface area contributed by atoms with Crippen LogP contribution in [0.25, 0.3) is 0 Å². The van der Waals surface area contributed by atoms with Crippen LogP contribution in [0.5, 0.6) is 0 Å². The molecule has 0 aliphatic rings. The SMILES string of the molecule is CC/C=C\C/C=C\C/C=C\C/C=C\C/C=C\C/C=C\CCC(=O)OCC(COC(=O)CCCCC/C=C\C=C/CCCCCCCCC)OC(=O)CCC/C=C\C/C=C\C/C=C\CCCCCCCC. The smallest absolute Gasteiger partial charge is 0.306 e. The second-order valence-corrected chi connectivity index (χ2v) is 18.1. The molecule has 0 rings (SSSR count). The van der Waals surface area contributed by atoms with E-state index in [4.69, 9.17) is 14.2 Å². The average Bonchev–Trinajstić information content (AvgIpc) is 3.36. The van der Waals surface area contributed by atoms with Gasteiger partial charge in [-0.25, -0.2) is 0 Å². The van der Waals surface area contributed by atoms with Crippen molar-refractivity contribution in [2.75, 3.05) is 13.2 Å². The highest BCUT2D eigenvalue weighted by Crippen LogP contribution is 2.12. The van der Waals surface area contributed by atoms with Gasteiger partial charge in [0.15, 0.2) is 6.10 Å². The molecule has 6 nitrogen and oxygen atoms in total. The lowest BCUT2D eigenvalue weighted by Gasteiger charge is -2.18. The minimum Gasteiger partial charge on any atom is -0.462 e. The fourth-order valence-corrected chi connectivity index (χ4v) is 7.18. The van der Waals surface area contributed by atoms with E-state index in [0.29, 0.717) is 19.3 Å². The van der Waals surface area contributed by atoms with E-state index >= 15 is 0 Å². The molecule has 0 fully saturated rings. The Labute approximate surface area is 430 Å². The quantitative estimate of drug-likeness (QED) is 0.0199. The van der Waals surface area contributed by atoms with Crippen molar-refractivity contribution in [1.82, 2.24) is 0 Å². The van der Waals surface area contributed by atoms with Gasteiger partial charge in [-0.2, -0.15) is 0 Å². The Morgan fingerprint density at radius 2 is 0.643 bits per heavy atom. The molecule has 0 aliphatic carbocycles. The van der Waals surface area contributed by atoms with Crippen LogP contribution >= 0.6 is 0 Å². The van der Waals surface area contributed by atoms with E-state index in [9.17, 15) is 14.4 Å². The second-order valence-electron chi connectivity index (χ2n) is 18.1. The molecule has 394 valence electrons. The maximum atomic E-state index is 12.8. The molecule has 0 amide bonds. The molecule has 0 bridgehead atoms. The van der Waals surface area contributed by atoms with Crippen LogP contribution in [0.2, 0.25) is 0 Å². The van der Waals surface area contributed by atoms with Crippen molar-refractivity contribution in [3.05, 3.63) is 134 Å². The molecule has 0 saturated heterocycles. The first kappa shape index (κ1) is 65.5. The Morgan fingerprint density at radius 3 is 1.09 bits per heavy atom. The van der Waals surface area contributed by atoms with Gasteiger partial charge in [0.25, 0.3) is 0 Å². The number of ether oxygens (including phenoxy) is 3. The maximum Gasteiger partial charge on any atom is 0.306 e. The summed E-state index contributed by atoms with van der Waals surface area (Å²) in [7, 11) is 0. The van der Waals surface area contributed by atoms with Gasteiger partial charge in [0, 0.05) is 19.3 Å². The fourth-order valence-electron chi connectivity index (χ4n) is 7.18. The molecule has 0 aromatic rings. The van der Waals surface area contributed by atoms with Crippen LogP contribution in [-0.2, 0) is 28.6 Å². The molecule has 0 spiro atoms. The highest BCUT2D eigenvalue weighted by Gasteiger charge is 2.19. The van der Waals surface area contributed by atoms with E-state index in [1.807, 2.05) is 12.2 Å². The van der Waals surface area contributed by atoms with Gasteiger partial charge in [-0.15, -0.1) is 0 Å². The van der Waals surface area contributed by atoms with Gasteiger partial charge in [-0.1, -0.05) is 231 Å². The van der Waals surface area contributed by atoms with E-state index in [1.165, 1.54) is 89.9 Å². The predicted octanol–water partition coefficient (Wildman–Crippen LogP) is 19.0. The number of esters is 3. The van der Waals surface area contributed by atoms with E-state index in [1.54, 1.807) is 0 Å². The van der Waals surface area contributed by atoms with E-state index in [0.717, 1.165) is 89.9 Å². The van der Waals surface area contributed by atoms with Crippen molar-refractivity contribution >= 4 is 17.9 Å². The minimum atomic E-state index is -0.851. The van der Waals surface area contributed by atoms with Crippen molar-refractivity contribution in [2.45, 2.75) is 239 Å². The number of hydrogen-bond acceptors (Lipinski definition) is 6. The number of hydrogen-bond donors (Lipinski definition) is 0. The Hall–Kier alpha value is -4.45. The first-order chi connectivity index (χ1) is 34.5. The lowest BCUT2D eigenvalue weighted by Crippen LogP contribution is -2.30. The number of allylic oxidation sites excluding steroid dienone is 22. The zero-order valence-corrected chi connectivity index (χ0v) is 45.0. The number of rotatable bonds is 49. The third-order valence-electron chi connectivity index (χ3n) is 11.4. The fraction of sp³-hybridized carbons (Fsp3) is 0.609. The van der Waals surface area contributed by atoms with E-state index in [-0.39, 0.29) is 38.0 Å². The van der Waals surface area contributed by atoms with Crippen LogP contribution in [0.15, 0.2) is 134 Å². The summed E-state index contributed by atoms with van der Waals surface area (Å²) in [5, 5.41) is 0. The van der Waals surface area contributed by atoms with Crippen molar-refractivity contribution in [1.29, 1.82) is 0 Å². The third-order valence-corrected chi connectivity index (χ3v) is 11.4. The van der Waals surface area contributed by atoms with Crippen molar-refractivity contribution in [2.24, 2.45) is 0 Å².